The molecule has 0 aliphatic carbocycles. The number of hydrogen-bond donors (Lipinski definition) is 1. The van der Waals surface area contributed by atoms with Crippen LogP contribution in [0.25, 0.3) is 6.08 Å². The molecule has 0 saturated carbocycles. The molecule has 0 bridgehead atoms. The van der Waals surface area contributed by atoms with Crippen molar-refractivity contribution in [2.75, 3.05) is 12.4 Å². The van der Waals surface area contributed by atoms with Crippen LogP contribution in [0.4, 0.5) is 5.69 Å². The number of ketones is 1. The molecule has 4 nitrogen and oxygen atoms in total. The molecule has 0 spiro atoms. The molecule has 0 radical (unpaired) electrons. The second kappa shape index (κ2) is 8.82. The summed E-state index contributed by atoms with van der Waals surface area (Å²) in [6.45, 7) is 1.94. The molecular weight excluding hydrogens is 350 g/mol. The van der Waals surface area contributed by atoms with E-state index in [4.69, 9.17) is 4.74 Å². The zero-order chi connectivity index (χ0) is 19.9. The van der Waals surface area contributed by atoms with E-state index in [9.17, 15) is 9.59 Å². The third-order valence-electron chi connectivity index (χ3n) is 4.26. The minimum absolute atomic E-state index is 0.123. The van der Waals surface area contributed by atoms with Gasteiger partial charge in [-0.15, -0.1) is 0 Å². The van der Waals surface area contributed by atoms with Gasteiger partial charge in [-0.2, -0.15) is 0 Å². The van der Waals surface area contributed by atoms with Gasteiger partial charge in [0, 0.05) is 22.4 Å². The number of amides is 1. The van der Waals surface area contributed by atoms with Gasteiger partial charge >= 0.3 is 0 Å². The van der Waals surface area contributed by atoms with Gasteiger partial charge in [0.1, 0.15) is 5.75 Å². The molecular formula is C24H21NO3. The number of rotatable bonds is 6. The predicted octanol–water partition coefficient (Wildman–Crippen LogP) is 5.15. The van der Waals surface area contributed by atoms with E-state index in [1.54, 1.807) is 43.5 Å². The van der Waals surface area contributed by atoms with Crippen molar-refractivity contribution in [3.05, 3.63) is 101 Å². The van der Waals surface area contributed by atoms with Crippen LogP contribution < -0.4 is 10.1 Å². The number of methoxy groups -OCH3 is 1. The summed E-state index contributed by atoms with van der Waals surface area (Å²) in [5, 5.41) is 2.84. The highest BCUT2D eigenvalue weighted by Crippen LogP contribution is 2.19. The number of carbonyl (C=O) groups excluding carboxylic acids is 2. The van der Waals surface area contributed by atoms with Crippen LogP contribution in [0.2, 0.25) is 0 Å². The van der Waals surface area contributed by atoms with E-state index in [-0.39, 0.29) is 11.7 Å². The maximum atomic E-state index is 12.4. The van der Waals surface area contributed by atoms with Crippen LogP contribution in [-0.2, 0) is 0 Å². The zero-order valence-corrected chi connectivity index (χ0v) is 15.8. The predicted molar refractivity (Wildman–Crippen MR) is 112 cm³/mol. The third-order valence-corrected chi connectivity index (χ3v) is 4.26. The van der Waals surface area contributed by atoms with Gasteiger partial charge in [0.25, 0.3) is 5.91 Å². The summed E-state index contributed by atoms with van der Waals surface area (Å²) >= 11 is 0. The van der Waals surface area contributed by atoms with Crippen LogP contribution in [0.3, 0.4) is 0 Å². The van der Waals surface area contributed by atoms with E-state index in [1.165, 1.54) is 6.08 Å². The summed E-state index contributed by atoms with van der Waals surface area (Å²) in [6, 6.07) is 21.7. The Morgan fingerprint density at radius 1 is 0.893 bits per heavy atom. The van der Waals surface area contributed by atoms with Crippen LogP contribution >= 0.6 is 0 Å². The largest absolute Gasteiger partial charge is 0.496 e. The van der Waals surface area contributed by atoms with Crippen molar-refractivity contribution in [1.29, 1.82) is 0 Å². The van der Waals surface area contributed by atoms with Gasteiger partial charge in [0.05, 0.1) is 7.11 Å². The fraction of sp³-hybridized carbons (Fsp3) is 0.0833. The average molecular weight is 371 g/mol. The van der Waals surface area contributed by atoms with Crippen LogP contribution in [0.15, 0.2) is 78.9 Å². The summed E-state index contributed by atoms with van der Waals surface area (Å²) in [6.07, 6.45) is 3.24. The van der Waals surface area contributed by atoms with Crippen LogP contribution in [0, 0.1) is 6.92 Å². The monoisotopic (exact) mass is 371 g/mol. The normalized spacial score (nSPS) is 10.6. The number of nitrogens with one attached hydrogen (secondary N) is 1. The number of benzene rings is 3. The number of hydrogen-bond acceptors (Lipinski definition) is 3. The Labute approximate surface area is 164 Å². The molecule has 0 fully saturated rings. The molecule has 3 aromatic rings. The van der Waals surface area contributed by atoms with E-state index >= 15 is 0 Å². The molecule has 1 amide bonds. The van der Waals surface area contributed by atoms with Crippen molar-refractivity contribution in [3.8, 4) is 5.75 Å². The van der Waals surface area contributed by atoms with Crippen LogP contribution in [-0.4, -0.2) is 18.8 Å². The van der Waals surface area contributed by atoms with Gasteiger partial charge in [-0.25, -0.2) is 0 Å². The summed E-state index contributed by atoms with van der Waals surface area (Å²) in [4.78, 5) is 24.7. The fourth-order valence-corrected chi connectivity index (χ4v) is 2.77. The molecule has 0 atom stereocenters. The van der Waals surface area contributed by atoms with E-state index < -0.39 is 0 Å². The summed E-state index contributed by atoms with van der Waals surface area (Å²) in [5.41, 5.74) is 3.63. The quantitative estimate of drug-likeness (QED) is 0.481. The number of ether oxygens (including phenoxy) is 1. The first kappa shape index (κ1) is 19.1. The lowest BCUT2D eigenvalue weighted by Crippen LogP contribution is -2.12. The van der Waals surface area contributed by atoms with Gasteiger partial charge in [0.2, 0.25) is 0 Å². The summed E-state index contributed by atoms with van der Waals surface area (Å²) in [7, 11) is 1.60. The fourth-order valence-electron chi connectivity index (χ4n) is 2.77. The number of para-hydroxylation sites is 1. The summed E-state index contributed by atoms with van der Waals surface area (Å²) < 4.78 is 5.28. The SMILES string of the molecule is COc1ccccc1C=CC(=O)c1ccc(NC(=O)c2cccc(C)c2)cc1. The molecule has 0 unspecified atom stereocenters. The molecule has 140 valence electrons. The molecule has 0 saturated heterocycles. The molecule has 1 N–H and O–H groups in total. The molecule has 0 aromatic heterocycles. The standard InChI is InChI=1S/C24H21NO3/c1-17-6-5-8-20(16-17)24(27)25-21-13-10-18(11-14-21)22(26)15-12-19-7-3-4-9-23(19)28-2/h3-16H,1-2H3,(H,25,27). The lowest BCUT2D eigenvalue weighted by molar-refractivity contribution is 0.102. The van der Waals surface area contributed by atoms with E-state index in [1.807, 2.05) is 49.4 Å². The van der Waals surface area contributed by atoms with Crippen molar-refractivity contribution in [1.82, 2.24) is 0 Å². The molecule has 0 aliphatic rings. The Hall–Kier alpha value is -3.66. The first-order chi connectivity index (χ1) is 13.6. The van der Waals surface area contributed by atoms with Crippen molar-refractivity contribution in [2.45, 2.75) is 6.92 Å². The van der Waals surface area contributed by atoms with Crippen molar-refractivity contribution in [2.24, 2.45) is 0 Å². The van der Waals surface area contributed by atoms with Gasteiger partial charge in [-0.05, 0) is 61.5 Å². The van der Waals surface area contributed by atoms with Crippen molar-refractivity contribution >= 4 is 23.5 Å². The molecule has 28 heavy (non-hydrogen) atoms. The highest BCUT2D eigenvalue weighted by Gasteiger charge is 2.07. The third kappa shape index (κ3) is 4.74. The highest BCUT2D eigenvalue weighted by molar-refractivity contribution is 6.08. The van der Waals surface area contributed by atoms with Crippen LogP contribution in [0.1, 0.15) is 31.8 Å². The van der Waals surface area contributed by atoms with E-state index in [0.29, 0.717) is 22.6 Å². The molecule has 0 aliphatic heterocycles. The molecule has 3 rings (SSSR count). The average Bonchev–Trinajstić information content (AvgIpc) is 2.72. The minimum atomic E-state index is -0.182. The first-order valence-corrected chi connectivity index (χ1v) is 8.90. The lowest BCUT2D eigenvalue weighted by Gasteiger charge is -2.06. The number of aryl methyl sites for hydroxylation is 1. The Kier molecular flexibility index (Phi) is 6.02. The van der Waals surface area contributed by atoms with Crippen molar-refractivity contribution < 1.29 is 14.3 Å². The molecule has 0 heterocycles. The maximum Gasteiger partial charge on any atom is 0.255 e. The smallest absolute Gasteiger partial charge is 0.255 e. The van der Waals surface area contributed by atoms with Crippen molar-refractivity contribution in [3.63, 3.8) is 0 Å². The van der Waals surface area contributed by atoms with Crippen LogP contribution in [0.5, 0.6) is 5.75 Å². The number of carbonyl (C=O) groups is 2. The number of anilines is 1. The first-order valence-electron chi connectivity index (χ1n) is 8.90. The Balaban J connectivity index is 1.67. The van der Waals surface area contributed by atoms with E-state index in [2.05, 4.69) is 5.32 Å². The summed E-state index contributed by atoms with van der Waals surface area (Å²) in [5.74, 6) is 0.405. The van der Waals surface area contributed by atoms with Gasteiger partial charge in [-0.3, -0.25) is 9.59 Å². The lowest BCUT2D eigenvalue weighted by atomic mass is 10.1. The highest BCUT2D eigenvalue weighted by atomic mass is 16.5. The minimum Gasteiger partial charge on any atom is -0.496 e. The molecule has 4 heteroatoms. The second-order valence-electron chi connectivity index (χ2n) is 6.34. The number of allylic oxidation sites excluding steroid dienone is 1. The van der Waals surface area contributed by atoms with Gasteiger partial charge in [-0.1, -0.05) is 35.9 Å². The Morgan fingerprint density at radius 3 is 2.36 bits per heavy atom. The van der Waals surface area contributed by atoms with Gasteiger partial charge < -0.3 is 10.1 Å². The Bertz CT molecular complexity index is 1020. The zero-order valence-electron chi connectivity index (χ0n) is 15.8. The van der Waals surface area contributed by atoms with E-state index in [0.717, 1.165) is 11.1 Å². The maximum absolute atomic E-state index is 12.4. The Morgan fingerprint density at radius 2 is 1.64 bits per heavy atom. The molecule has 3 aromatic carbocycles. The topological polar surface area (TPSA) is 55.4 Å². The van der Waals surface area contributed by atoms with Gasteiger partial charge in [0.15, 0.2) is 5.78 Å². The second-order valence-corrected chi connectivity index (χ2v) is 6.34.